The lowest BCUT2D eigenvalue weighted by molar-refractivity contribution is 0.0601. The summed E-state index contributed by atoms with van der Waals surface area (Å²) in [7, 11) is 1.36. The summed E-state index contributed by atoms with van der Waals surface area (Å²) >= 11 is 0. The van der Waals surface area contributed by atoms with Crippen molar-refractivity contribution >= 4 is 16.9 Å². The summed E-state index contributed by atoms with van der Waals surface area (Å²) in [6.45, 7) is 4.35. The predicted octanol–water partition coefficient (Wildman–Crippen LogP) is 4.40. The molecule has 0 fully saturated rings. The minimum atomic E-state index is -0.368. The van der Waals surface area contributed by atoms with Crippen molar-refractivity contribution in [2.45, 2.75) is 26.5 Å². The van der Waals surface area contributed by atoms with Crippen LogP contribution in [0, 0.1) is 5.82 Å². The molecule has 4 nitrogen and oxygen atoms in total. The first-order valence-electron chi connectivity index (χ1n) is 8.10. The van der Waals surface area contributed by atoms with Gasteiger partial charge in [0.15, 0.2) is 0 Å². The topological polar surface area (TPSA) is 40.5 Å². The molecule has 2 aromatic carbocycles. The molecule has 1 aromatic heterocycles. The van der Waals surface area contributed by atoms with E-state index < -0.39 is 0 Å². The first kappa shape index (κ1) is 17.0. The SMILES string of the molecule is COC(=O)c1ccc2c(ccn2Cc2cc(F)ccc2OC(C)C)c1. The van der Waals surface area contributed by atoms with Crippen molar-refractivity contribution < 1.29 is 18.7 Å². The number of fused-ring (bicyclic) bond motifs is 1. The van der Waals surface area contributed by atoms with Crippen molar-refractivity contribution in [1.29, 1.82) is 0 Å². The molecule has 0 aliphatic heterocycles. The molecule has 0 atom stereocenters. The highest BCUT2D eigenvalue weighted by molar-refractivity contribution is 5.94. The van der Waals surface area contributed by atoms with Crippen molar-refractivity contribution in [3.05, 3.63) is 65.6 Å². The molecule has 1 heterocycles. The van der Waals surface area contributed by atoms with E-state index in [0.29, 0.717) is 17.9 Å². The van der Waals surface area contributed by atoms with E-state index in [4.69, 9.17) is 9.47 Å². The van der Waals surface area contributed by atoms with Gasteiger partial charge in [-0.1, -0.05) is 0 Å². The fraction of sp³-hybridized carbons (Fsp3) is 0.250. The Hall–Kier alpha value is -2.82. The molecule has 5 heteroatoms. The number of hydrogen-bond acceptors (Lipinski definition) is 3. The maximum absolute atomic E-state index is 13.7. The summed E-state index contributed by atoms with van der Waals surface area (Å²) < 4.78 is 26.2. The third kappa shape index (κ3) is 3.65. The molecule has 130 valence electrons. The number of methoxy groups -OCH3 is 1. The monoisotopic (exact) mass is 341 g/mol. The van der Waals surface area contributed by atoms with Crippen LogP contribution in [0.5, 0.6) is 5.75 Å². The van der Waals surface area contributed by atoms with Crippen LogP contribution in [-0.2, 0) is 11.3 Å². The molecule has 0 spiro atoms. The van der Waals surface area contributed by atoms with Gasteiger partial charge < -0.3 is 14.0 Å². The summed E-state index contributed by atoms with van der Waals surface area (Å²) in [5, 5.41) is 0.922. The van der Waals surface area contributed by atoms with Crippen LogP contribution in [0.15, 0.2) is 48.7 Å². The zero-order valence-electron chi connectivity index (χ0n) is 14.5. The van der Waals surface area contributed by atoms with Crippen molar-refractivity contribution in [2.75, 3.05) is 7.11 Å². The largest absolute Gasteiger partial charge is 0.491 e. The second kappa shape index (κ2) is 6.97. The minimum absolute atomic E-state index is 0.00762. The van der Waals surface area contributed by atoms with Crippen molar-refractivity contribution in [3.63, 3.8) is 0 Å². The van der Waals surface area contributed by atoms with Gasteiger partial charge in [-0.15, -0.1) is 0 Å². The molecule has 0 unspecified atom stereocenters. The third-order valence-electron chi connectivity index (χ3n) is 3.92. The van der Waals surface area contributed by atoms with Gasteiger partial charge in [-0.3, -0.25) is 0 Å². The Kier molecular flexibility index (Phi) is 4.74. The van der Waals surface area contributed by atoms with Crippen molar-refractivity contribution in [1.82, 2.24) is 4.57 Å². The Morgan fingerprint density at radius 2 is 1.96 bits per heavy atom. The maximum Gasteiger partial charge on any atom is 0.337 e. The van der Waals surface area contributed by atoms with E-state index in [-0.39, 0.29) is 17.9 Å². The molecule has 0 amide bonds. The minimum Gasteiger partial charge on any atom is -0.491 e. The van der Waals surface area contributed by atoms with E-state index in [1.54, 1.807) is 18.2 Å². The Morgan fingerprint density at radius 1 is 1.16 bits per heavy atom. The second-order valence-electron chi connectivity index (χ2n) is 6.13. The van der Waals surface area contributed by atoms with E-state index in [2.05, 4.69) is 0 Å². The van der Waals surface area contributed by atoms with Crippen LogP contribution in [0.25, 0.3) is 10.9 Å². The number of carbonyl (C=O) groups excluding carboxylic acids is 1. The lowest BCUT2D eigenvalue weighted by Crippen LogP contribution is -2.09. The number of nitrogens with zero attached hydrogens (tertiary/aromatic N) is 1. The van der Waals surface area contributed by atoms with Crippen LogP contribution < -0.4 is 4.74 Å². The van der Waals surface area contributed by atoms with Gasteiger partial charge in [0.25, 0.3) is 0 Å². The Bertz CT molecular complexity index is 914. The highest BCUT2D eigenvalue weighted by Gasteiger charge is 2.12. The lowest BCUT2D eigenvalue weighted by Gasteiger charge is -2.15. The number of esters is 1. The van der Waals surface area contributed by atoms with Crippen LogP contribution in [0.3, 0.4) is 0 Å². The van der Waals surface area contributed by atoms with Gasteiger partial charge in [-0.05, 0) is 56.3 Å². The van der Waals surface area contributed by atoms with Crippen molar-refractivity contribution in [3.8, 4) is 5.75 Å². The molecular weight excluding hydrogens is 321 g/mol. The molecule has 0 saturated heterocycles. The van der Waals surface area contributed by atoms with Gasteiger partial charge in [-0.25, -0.2) is 9.18 Å². The van der Waals surface area contributed by atoms with E-state index in [9.17, 15) is 9.18 Å². The summed E-state index contributed by atoms with van der Waals surface area (Å²) in [5.41, 5.74) is 2.22. The first-order valence-corrected chi connectivity index (χ1v) is 8.10. The zero-order chi connectivity index (χ0) is 18.0. The molecule has 0 aliphatic carbocycles. The summed E-state index contributed by atoms with van der Waals surface area (Å²) in [4.78, 5) is 11.7. The average molecular weight is 341 g/mol. The van der Waals surface area contributed by atoms with E-state index in [1.165, 1.54) is 19.2 Å². The fourth-order valence-corrected chi connectivity index (χ4v) is 2.81. The Morgan fingerprint density at radius 3 is 2.68 bits per heavy atom. The summed E-state index contributed by atoms with van der Waals surface area (Å²) in [5.74, 6) is 0.00683. The maximum atomic E-state index is 13.7. The zero-order valence-corrected chi connectivity index (χ0v) is 14.5. The first-order chi connectivity index (χ1) is 12.0. The number of carbonyl (C=O) groups is 1. The normalized spacial score (nSPS) is 11.1. The standard InChI is InChI=1S/C20H20FNO3/c1-13(2)25-19-7-5-17(21)11-16(19)12-22-9-8-14-10-15(20(23)24-3)4-6-18(14)22/h4-11,13H,12H2,1-3H3. The number of hydrogen-bond donors (Lipinski definition) is 0. The van der Waals surface area contributed by atoms with E-state index in [0.717, 1.165) is 16.5 Å². The molecule has 3 rings (SSSR count). The molecular formula is C20H20FNO3. The van der Waals surface area contributed by atoms with Crippen LogP contribution in [0.4, 0.5) is 4.39 Å². The molecule has 0 N–H and O–H groups in total. The number of ether oxygens (including phenoxy) is 2. The molecule has 25 heavy (non-hydrogen) atoms. The van der Waals surface area contributed by atoms with Gasteiger partial charge in [0.1, 0.15) is 11.6 Å². The molecule has 0 bridgehead atoms. The van der Waals surface area contributed by atoms with Crippen molar-refractivity contribution in [2.24, 2.45) is 0 Å². The van der Waals surface area contributed by atoms with E-state index in [1.807, 2.05) is 36.7 Å². The van der Waals surface area contributed by atoms with Gasteiger partial charge in [0.2, 0.25) is 0 Å². The van der Waals surface area contributed by atoms with Crippen LogP contribution in [-0.4, -0.2) is 23.8 Å². The van der Waals surface area contributed by atoms with Gasteiger partial charge >= 0.3 is 5.97 Å². The van der Waals surface area contributed by atoms with Crippen LogP contribution in [0.2, 0.25) is 0 Å². The molecule has 3 aromatic rings. The third-order valence-corrected chi connectivity index (χ3v) is 3.92. The van der Waals surface area contributed by atoms with Gasteiger partial charge in [-0.2, -0.15) is 0 Å². The number of benzene rings is 2. The van der Waals surface area contributed by atoms with Gasteiger partial charge in [0.05, 0.1) is 25.3 Å². The number of aromatic nitrogens is 1. The fourth-order valence-electron chi connectivity index (χ4n) is 2.81. The molecule has 0 aliphatic rings. The molecule has 0 radical (unpaired) electrons. The number of halogens is 1. The predicted molar refractivity (Wildman–Crippen MR) is 94.5 cm³/mol. The summed E-state index contributed by atoms with van der Waals surface area (Å²) in [6.07, 6.45) is 1.92. The van der Waals surface area contributed by atoms with Crippen LogP contribution in [0.1, 0.15) is 29.8 Å². The highest BCUT2D eigenvalue weighted by Crippen LogP contribution is 2.25. The smallest absolute Gasteiger partial charge is 0.337 e. The van der Waals surface area contributed by atoms with Crippen LogP contribution >= 0.6 is 0 Å². The summed E-state index contributed by atoms with van der Waals surface area (Å²) in [6, 6.07) is 11.8. The quantitative estimate of drug-likeness (QED) is 0.646. The second-order valence-corrected chi connectivity index (χ2v) is 6.13. The van der Waals surface area contributed by atoms with Gasteiger partial charge in [0, 0.05) is 22.7 Å². The highest BCUT2D eigenvalue weighted by atomic mass is 19.1. The number of rotatable bonds is 5. The Balaban J connectivity index is 1.96. The average Bonchev–Trinajstić information content (AvgIpc) is 2.98. The Labute approximate surface area is 145 Å². The lowest BCUT2D eigenvalue weighted by atomic mass is 10.1. The van der Waals surface area contributed by atoms with E-state index >= 15 is 0 Å². The molecule has 0 saturated carbocycles.